The first-order valence-corrected chi connectivity index (χ1v) is 9.39. The van der Waals surface area contributed by atoms with Gasteiger partial charge in [0.2, 0.25) is 0 Å². The van der Waals surface area contributed by atoms with Gasteiger partial charge < -0.3 is 15.4 Å². The van der Waals surface area contributed by atoms with Gasteiger partial charge in [0.05, 0.1) is 4.88 Å². The Kier molecular flexibility index (Phi) is 8.15. The zero-order valence-corrected chi connectivity index (χ0v) is 15.2. The van der Waals surface area contributed by atoms with Crippen LogP contribution in [-0.4, -0.2) is 31.6 Å². The molecule has 0 aliphatic heterocycles. The first-order chi connectivity index (χ1) is 12.2. The highest BCUT2D eigenvalue weighted by Crippen LogP contribution is 2.14. The molecule has 0 bridgehead atoms. The van der Waals surface area contributed by atoms with E-state index in [1.807, 2.05) is 11.4 Å². The topological polar surface area (TPSA) is 67.4 Å². The molecule has 0 saturated heterocycles. The third-order valence-electron chi connectivity index (χ3n) is 3.54. The molecule has 1 heterocycles. The van der Waals surface area contributed by atoms with Gasteiger partial charge in [-0.2, -0.15) is 0 Å². The van der Waals surface area contributed by atoms with Crippen molar-refractivity contribution in [3.05, 3.63) is 52.2 Å². The number of rotatable bonds is 10. The van der Waals surface area contributed by atoms with Gasteiger partial charge in [-0.25, -0.2) is 0 Å². The second kappa shape index (κ2) is 10.6. The number of hydrogen-bond acceptors (Lipinski definition) is 4. The van der Waals surface area contributed by atoms with Crippen LogP contribution in [0.1, 0.15) is 46.2 Å². The Morgan fingerprint density at radius 2 is 1.80 bits per heavy atom. The summed E-state index contributed by atoms with van der Waals surface area (Å²) in [6.07, 6.45) is 2.99. The zero-order valence-electron chi connectivity index (χ0n) is 14.4. The molecule has 25 heavy (non-hydrogen) atoms. The normalized spacial score (nSPS) is 10.4. The fourth-order valence-electron chi connectivity index (χ4n) is 2.13. The monoisotopic (exact) mass is 360 g/mol. The lowest BCUT2D eigenvalue weighted by Crippen LogP contribution is -2.25. The fraction of sp³-hybridized carbons (Fsp3) is 0.368. The standard InChI is InChI=1S/C19H24N2O3S/c1-2-3-12-24-13-5-11-20-18(22)15-7-9-16(10-8-15)21-19(23)17-6-4-14-25-17/h4,6-10,14H,2-3,5,11-13H2,1H3,(H,20,22)(H,21,23). The highest BCUT2D eigenvalue weighted by molar-refractivity contribution is 7.12. The van der Waals surface area contributed by atoms with E-state index in [2.05, 4.69) is 17.6 Å². The summed E-state index contributed by atoms with van der Waals surface area (Å²) in [7, 11) is 0. The molecule has 134 valence electrons. The largest absolute Gasteiger partial charge is 0.381 e. The van der Waals surface area contributed by atoms with Crippen LogP contribution >= 0.6 is 11.3 Å². The Morgan fingerprint density at radius 1 is 1.04 bits per heavy atom. The summed E-state index contributed by atoms with van der Waals surface area (Å²) in [5.41, 5.74) is 1.24. The van der Waals surface area contributed by atoms with Crippen molar-refractivity contribution in [2.45, 2.75) is 26.2 Å². The Labute approximate surface area is 152 Å². The van der Waals surface area contributed by atoms with Crippen molar-refractivity contribution < 1.29 is 14.3 Å². The molecule has 1 aromatic heterocycles. The second-order valence-electron chi connectivity index (χ2n) is 5.58. The van der Waals surface area contributed by atoms with E-state index in [1.54, 1.807) is 30.3 Å². The highest BCUT2D eigenvalue weighted by atomic mass is 32.1. The van der Waals surface area contributed by atoms with Crippen molar-refractivity contribution in [3.63, 3.8) is 0 Å². The third-order valence-corrected chi connectivity index (χ3v) is 4.41. The lowest BCUT2D eigenvalue weighted by molar-refractivity contribution is 0.0940. The van der Waals surface area contributed by atoms with Crippen LogP contribution in [0.2, 0.25) is 0 Å². The molecular formula is C19H24N2O3S. The molecule has 0 fully saturated rings. The number of carbonyl (C=O) groups is 2. The van der Waals surface area contributed by atoms with Crippen LogP contribution in [-0.2, 0) is 4.74 Å². The van der Waals surface area contributed by atoms with Crippen molar-refractivity contribution in [1.82, 2.24) is 5.32 Å². The number of carbonyl (C=O) groups excluding carboxylic acids is 2. The molecular weight excluding hydrogens is 336 g/mol. The maximum Gasteiger partial charge on any atom is 0.265 e. The van der Waals surface area contributed by atoms with E-state index in [0.29, 0.717) is 29.3 Å². The van der Waals surface area contributed by atoms with Gasteiger partial charge in [0.1, 0.15) is 0 Å². The predicted octanol–water partition coefficient (Wildman–Crippen LogP) is 3.94. The van der Waals surface area contributed by atoms with Crippen LogP contribution < -0.4 is 10.6 Å². The molecule has 1 aromatic carbocycles. The molecule has 6 heteroatoms. The Bertz CT molecular complexity index is 654. The Morgan fingerprint density at radius 3 is 2.48 bits per heavy atom. The van der Waals surface area contributed by atoms with E-state index in [-0.39, 0.29) is 11.8 Å². The first-order valence-electron chi connectivity index (χ1n) is 8.51. The molecule has 2 N–H and O–H groups in total. The van der Waals surface area contributed by atoms with Crippen LogP contribution in [0.5, 0.6) is 0 Å². The van der Waals surface area contributed by atoms with Crippen LogP contribution in [0.3, 0.4) is 0 Å². The summed E-state index contributed by atoms with van der Waals surface area (Å²) in [6, 6.07) is 10.5. The molecule has 0 radical (unpaired) electrons. The quantitative estimate of drug-likeness (QED) is 0.631. The molecule has 2 rings (SSSR count). The highest BCUT2D eigenvalue weighted by Gasteiger charge is 2.08. The predicted molar refractivity (Wildman–Crippen MR) is 101 cm³/mol. The molecule has 2 amide bonds. The molecule has 0 saturated carbocycles. The van der Waals surface area contributed by atoms with Crippen LogP contribution in [0.25, 0.3) is 0 Å². The minimum atomic E-state index is -0.143. The van der Waals surface area contributed by atoms with Gasteiger partial charge in [0, 0.05) is 31.0 Å². The minimum absolute atomic E-state index is 0.121. The number of anilines is 1. The van der Waals surface area contributed by atoms with Gasteiger partial charge in [-0.3, -0.25) is 9.59 Å². The number of unbranched alkanes of at least 4 members (excludes halogenated alkanes) is 1. The van der Waals surface area contributed by atoms with E-state index >= 15 is 0 Å². The van der Waals surface area contributed by atoms with Crippen LogP contribution in [0, 0.1) is 0 Å². The Hall–Kier alpha value is -2.18. The van der Waals surface area contributed by atoms with Gasteiger partial charge in [-0.05, 0) is 48.6 Å². The number of amides is 2. The number of hydrogen-bond donors (Lipinski definition) is 2. The fourth-order valence-corrected chi connectivity index (χ4v) is 2.75. The van der Waals surface area contributed by atoms with Gasteiger partial charge >= 0.3 is 0 Å². The summed E-state index contributed by atoms with van der Waals surface area (Å²) in [6.45, 7) is 4.15. The van der Waals surface area contributed by atoms with Gasteiger partial charge in [0.15, 0.2) is 0 Å². The van der Waals surface area contributed by atoms with E-state index < -0.39 is 0 Å². The summed E-state index contributed by atoms with van der Waals surface area (Å²) in [5, 5.41) is 7.54. The van der Waals surface area contributed by atoms with Gasteiger partial charge in [0.25, 0.3) is 11.8 Å². The smallest absolute Gasteiger partial charge is 0.265 e. The number of benzene rings is 1. The second-order valence-corrected chi connectivity index (χ2v) is 6.53. The number of ether oxygens (including phenoxy) is 1. The van der Waals surface area contributed by atoms with E-state index in [9.17, 15) is 9.59 Å². The average molecular weight is 360 g/mol. The minimum Gasteiger partial charge on any atom is -0.381 e. The molecule has 0 aliphatic rings. The lowest BCUT2D eigenvalue weighted by atomic mass is 10.2. The summed E-state index contributed by atoms with van der Waals surface area (Å²) in [5.74, 6) is -0.264. The number of thiophene rings is 1. The van der Waals surface area contributed by atoms with Crippen molar-refractivity contribution in [3.8, 4) is 0 Å². The van der Waals surface area contributed by atoms with Gasteiger partial charge in [-0.1, -0.05) is 19.4 Å². The van der Waals surface area contributed by atoms with Crippen LogP contribution in [0.15, 0.2) is 41.8 Å². The van der Waals surface area contributed by atoms with Crippen molar-refractivity contribution in [2.75, 3.05) is 25.1 Å². The zero-order chi connectivity index (χ0) is 17.9. The van der Waals surface area contributed by atoms with Crippen molar-refractivity contribution >= 4 is 28.8 Å². The average Bonchev–Trinajstić information content (AvgIpc) is 3.16. The Balaban J connectivity index is 1.71. The molecule has 0 atom stereocenters. The third kappa shape index (κ3) is 6.68. The van der Waals surface area contributed by atoms with E-state index in [4.69, 9.17) is 4.74 Å². The maximum atomic E-state index is 12.1. The van der Waals surface area contributed by atoms with Gasteiger partial charge in [-0.15, -0.1) is 11.3 Å². The first kappa shape index (κ1) is 19.1. The molecule has 0 aliphatic carbocycles. The summed E-state index contributed by atoms with van der Waals surface area (Å²) < 4.78 is 5.45. The van der Waals surface area contributed by atoms with Crippen molar-refractivity contribution in [2.24, 2.45) is 0 Å². The summed E-state index contributed by atoms with van der Waals surface area (Å²) >= 11 is 1.39. The van der Waals surface area contributed by atoms with Crippen molar-refractivity contribution in [1.29, 1.82) is 0 Å². The SMILES string of the molecule is CCCCOCCCNC(=O)c1ccc(NC(=O)c2cccs2)cc1. The molecule has 0 spiro atoms. The molecule has 0 unspecified atom stereocenters. The number of nitrogens with one attached hydrogen (secondary N) is 2. The van der Waals surface area contributed by atoms with Crippen LogP contribution in [0.4, 0.5) is 5.69 Å². The summed E-state index contributed by atoms with van der Waals surface area (Å²) in [4.78, 5) is 24.7. The molecule has 2 aromatic rings. The lowest BCUT2D eigenvalue weighted by Gasteiger charge is -2.07. The van der Waals surface area contributed by atoms with E-state index in [0.717, 1.165) is 25.9 Å². The molecule has 5 nitrogen and oxygen atoms in total. The van der Waals surface area contributed by atoms with E-state index in [1.165, 1.54) is 11.3 Å². The maximum absolute atomic E-state index is 12.1.